The van der Waals surface area contributed by atoms with Gasteiger partial charge in [0.05, 0.1) is 5.57 Å². The summed E-state index contributed by atoms with van der Waals surface area (Å²) in [6.45, 7) is 7.13. The molecule has 1 unspecified atom stereocenters. The van der Waals surface area contributed by atoms with Crippen LogP contribution in [0.4, 0.5) is 10.1 Å². The van der Waals surface area contributed by atoms with Gasteiger partial charge in [0.25, 0.3) is 11.7 Å². The molecule has 0 spiro atoms. The maximum Gasteiger partial charge on any atom is 0.300 e. The molecular weight excluding hydrogens is 397 g/mol. The van der Waals surface area contributed by atoms with Crippen molar-refractivity contribution in [2.75, 3.05) is 4.90 Å². The molecule has 1 saturated heterocycles. The zero-order valence-corrected chi connectivity index (χ0v) is 17.7. The summed E-state index contributed by atoms with van der Waals surface area (Å²) in [6.07, 6.45) is 0. The molecule has 2 aromatic carbocycles. The lowest BCUT2D eigenvalue weighted by molar-refractivity contribution is -0.132. The van der Waals surface area contributed by atoms with Gasteiger partial charge < -0.3 is 9.52 Å². The first-order chi connectivity index (χ1) is 14.7. The Morgan fingerprint density at radius 2 is 1.65 bits per heavy atom. The Morgan fingerprint density at radius 3 is 2.23 bits per heavy atom. The number of carbonyl (C=O) groups excluding carboxylic acids is 2. The van der Waals surface area contributed by atoms with Crippen LogP contribution >= 0.6 is 0 Å². The second-order valence-electron chi connectivity index (χ2n) is 7.93. The summed E-state index contributed by atoms with van der Waals surface area (Å²) in [5.41, 5.74) is 2.88. The van der Waals surface area contributed by atoms with E-state index < -0.39 is 23.5 Å². The van der Waals surface area contributed by atoms with Gasteiger partial charge in [-0.2, -0.15) is 0 Å². The van der Waals surface area contributed by atoms with Crippen LogP contribution in [0.1, 0.15) is 39.8 Å². The van der Waals surface area contributed by atoms with Crippen molar-refractivity contribution in [2.45, 2.75) is 33.7 Å². The van der Waals surface area contributed by atoms with Gasteiger partial charge in [0.2, 0.25) is 0 Å². The monoisotopic (exact) mass is 419 g/mol. The number of aliphatic hydroxyl groups is 1. The number of anilines is 1. The Bertz CT molecular complexity index is 1230. The molecule has 6 heteroatoms. The number of ketones is 1. The van der Waals surface area contributed by atoms with E-state index in [0.717, 1.165) is 11.1 Å². The van der Waals surface area contributed by atoms with Gasteiger partial charge in [-0.25, -0.2) is 4.39 Å². The van der Waals surface area contributed by atoms with Gasteiger partial charge in [-0.3, -0.25) is 14.5 Å². The third-order valence-electron chi connectivity index (χ3n) is 5.39. The number of aliphatic hydroxyl groups excluding tert-OH is 1. The van der Waals surface area contributed by atoms with Gasteiger partial charge in [0, 0.05) is 11.3 Å². The molecule has 1 atom stereocenters. The number of hydrogen-bond acceptors (Lipinski definition) is 4. The van der Waals surface area contributed by atoms with Crippen LogP contribution in [-0.2, 0) is 9.59 Å². The zero-order chi connectivity index (χ0) is 22.4. The van der Waals surface area contributed by atoms with Gasteiger partial charge in [0.1, 0.15) is 29.1 Å². The van der Waals surface area contributed by atoms with Crippen molar-refractivity contribution in [3.05, 3.63) is 93.7 Å². The molecule has 0 saturated carbocycles. The Morgan fingerprint density at radius 1 is 0.968 bits per heavy atom. The number of benzene rings is 2. The second-order valence-corrected chi connectivity index (χ2v) is 7.93. The lowest BCUT2D eigenvalue weighted by Crippen LogP contribution is -2.29. The highest BCUT2D eigenvalue weighted by Gasteiger charge is 2.48. The fraction of sp³-hybridized carbons (Fsp3) is 0.200. The molecular formula is C25H22FNO4. The quantitative estimate of drug-likeness (QED) is 0.356. The van der Waals surface area contributed by atoms with Crippen LogP contribution in [0.25, 0.3) is 5.76 Å². The van der Waals surface area contributed by atoms with Crippen LogP contribution in [0.2, 0.25) is 0 Å². The highest BCUT2D eigenvalue weighted by molar-refractivity contribution is 6.51. The average molecular weight is 419 g/mol. The highest BCUT2D eigenvalue weighted by Crippen LogP contribution is 2.43. The number of Topliss-reactive ketones (excluding diaryl/α,β-unsaturated/α-hetero) is 1. The van der Waals surface area contributed by atoms with Crippen LogP contribution in [-0.4, -0.2) is 16.8 Å². The number of halogens is 1. The zero-order valence-electron chi connectivity index (χ0n) is 17.7. The molecule has 0 bridgehead atoms. The maximum absolute atomic E-state index is 13.7. The number of amides is 1. The topological polar surface area (TPSA) is 70.8 Å². The SMILES string of the molecule is Cc1cc(C)cc(N2C(=O)C(=O)/C(=C(\O)c3ccc(F)c(C)c3)C2c2ccc(C)o2)c1. The van der Waals surface area contributed by atoms with E-state index >= 15 is 0 Å². The Labute approximate surface area is 179 Å². The first kappa shape index (κ1) is 20.6. The summed E-state index contributed by atoms with van der Waals surface area (Å²) in [6, 6.07) is 12.1. The van der Waals surface area contributed by atoms with E-state index in [4.69, 9.17) is 4.42 Å². The largest absolute Gasteiger partial charge is 0.507 e. The first-order valence-electron chi connectivity index (χ1n) is 9.89. The van der Waals surface area contributed by atoms with E-state index in [1.54, 1.807) is 26.0 Å². The summed E-state index contributed by atoms with van der Waals surface area (Å²) in [7, 11) is 0. The van der Waals surface area contributed by atoms with Crippen molar-refractivity contribution >= 4 is 23.1 Å². The third kappa shape index (κ3) is 3.54. The summed E-state index contributed by atoms with van der Waals surface area (Å²) < 4.78 is 19.5. The molecule has 31 heavy (non-hydrogen) atoms. The van der Waals surface area contributed by atoms with Crippen molar-refractivity contribution in [3.8, 4) is 0 Å². The fourth-order valence-corrected chi connectivity index (χ4v) is 4.01. The van der Waals surface area contributed by atoms with Crippen molar-refractivity contribution in [3.63, 3.8) is 0 Å². The molecule has 158 valence electrons. The van der Waals surface area contributed by atoms with Gasteiger partial charge in [-0.1, -0.05) is 6.07 Å². The van der Waals surface area contributed by atoms with Crippen LogP contribution in [0.3, 0.4) is 0 Å². The van der Waals surface area contributed by atoms with Crippen LogP contribution in [0, 0.1) is 33.5 Å². The van der Waals surface area contributed by atoms with Gasteiger partial charge >= 0.3 is 0 Å². The van der Waals surface area contributed by atoms with Crippen LogP contribution in [0.15, 0.2) is 58.5 Å². The Balaban J connectivity index is 1.96. The smallest absolute Gasteiger partial charge is 0.300 e. The molecule has 1 N–H and O–H groups in total. The summed E-state index contributed by atoms with van der Waals surface area (Å²) >= 11 is 0. The summed E-state index contributed by atoms with van der Waals surface area (Å²) in [5.74, 6) is -1.41. The van der Waals surface area contributed by atoms with Crippen molar-refractivity contribution < 1.29 is 23.5 Å². The molecule has 0 aliphatic carbocycles. The highest BCUT2D eigenvalue weighted by atomic mass is 19.1. The van der Waals surface area contributed by atoms with E-state index in [0.29, 0.717) is 22.8 Å². The number of furan rings is 1. The second kappa shape index (κ2) is 7.54. The minimum atomic E-state index is -0.944. The molecule has 5 nitrogen and oxygen atoms in total. The molecule has 2 heterocycles. The van der Waals surface area contributed by atoms with Crippen molar-refractivity contribution in [1.82, 2.24) is 0 Å². The Hall–Kier alpha value is -3.67. The van der Waals surface area contributed by atoms with Crippen LogP contribution in [0.5, 0.6) is 0 Å². The van der Waals surface area contributed by atoms with E-state index in [2.05, 4.69) is 0 Å². The Kier molecular flexibility index (Phi) is 5.01. The number of nitrogens with zero attached hydrogens (tertiary/aromatic N) is 1. The first-order valence-corrected chi connectivity index (χ1v) is 9.89. The van der Waals surface area contributed by atoms with E-state index in [1.807, 2.05) is 32.0 Å². The fourth-order valence-electron chi connectivity index (χ4n) is 4.01. The van der Waals surface area contributed by atoms with Crippen LogP contribution < -0.4 is 4.90 Å². The molecule has 1 aliphatic rings. The molecule has 4 rings (SSSR count). The van der Waals surface area contributed by atoms with Gasteiger partial charge in [-0.05, 0) is 86.8 Å². The summed E-state index contributed by atoms with van der Waals surface area (Å²) in [4.78, 5) is 27.6. The van der Waals surface area contributed by atoms with E-state index in [1.165, 1.54) is 23.1 Å². The average Bonchev–Trinajstić information content (AvgIpc) is 3.24. The molecule has 1 fully saturated rings. The van der Waals surface area contributed by atoms with Gasteiger partial charge in [0.15, 0.2) is 0 Å². The minimum Gasteiger partial charge on any atom is -0.507 e. The molecule has 3 aromatic rings. The van der Waals surface area contributed by atoms with E-state index in [9.17, 15) is 19.1 Å². The maximum atomic E-state index is 13.7. The summed E-state index contributed by atoms with van der Waals surface area (Å²) in [5, 5.41) is 11.1. The number of aryl methyl sites for hydroxylation is 4. The standard InChI is InChI=1S/C25H22FNO4/c1-13-9-14(2)11-18(10-13)27-22(20-8-5-16(4)31-20)21(24(29)25(27)30)23(28)17-6-7-19(26)15(3)12-17/h5-12,22,28H,1-4H3/b23-21-. The third-order valence-corrected chi connectivity index (χ3v) is 5.39. The van der Waals surface area contributed by atoms with Gasteiger partial charge in [-0.15, -0.1) is 0 Å². The lowest BCUT2D eigenvalue weighted by atomic mass is 9.98. The predicted molar refractivity (Wildman–Crippen MR) is 115 cm³/mol. The lowest BCUT2D eigenvalue weighted by Gasteiger charge is -2.24. The molecule has 0 radical (unpaired) electrons. The predicted octanol–water partition coefficient (Wildman–Crippen LogP) is 5.28. The molecule has 1 aliphatic heterocycles. The van der Waals surface area contributed by atoms with Crippen molar-refractivity contribution in [1.29, 1.82) is 0 Å². The molecule has 1 aromatic heterocycles. The molecule has 1 amide bonds. The number of hydrogen-bond donors (Lipinski definition) is 1. The normalized spacial score (nSPS) is 18.1. The number of carbonyl (C=O) groups is 2. The van der Waals surface area contributed by atoms with E-state index in [-0.39, 0.29) is 16.9 Å². The number of rotatable bonds is 3. The minimum absolute atomic E-state index is 0.0930. The van der Waals surface area contributed by atoms with Crippen molar-refractivity contribution in [2.24, 2.45) is 0 Å².